The number of hydrogen-bond acceptors (Lipinski definition) is 3. The van der Waals surface area contributed by atoms with Crippen LogP contribution in [0, 0.1) is 3.57 Å². The molecule has 0 aliphatic heterocycles. The minimum absolute atomic E-state index is 0.0406. The van der Waals surface area contributed by atoms with Gasteiger partial charge < -0.3 is 14.4 Å². The number of rotatable bonds is 9. The average molecular weight is 529 g/mol. The van der Waals surface area contributed by atoms with Gasteiger partial charge in [-0.25, -0.2) is 0 Å². The van der Waals surface area contributed by atoms with E-state index >= 15 is 0 Å². The smallest absolute Gasteiger partial charge is 0.471 e. The fourth-order valence-electron chi connectivity index (χ4n) is 2.44. The van der Waals surface area contributed by atoms with E-state index in [2.05, 4.69) is 42.2 Å². The van der Waals surface area contributed by atoms with Gasteiger partial charge in [0, 0.05) is 24.7 Å². The van der Waals surface area contributed by atoms with Crippen molar-refractivity contribution in [3.05, 3.63) is 33.4 Å². The maximum atomic E-state index is 13.0. The third-order valence-electron chi connectivity index (χ3n) is 3.96. The second kappa shape index (κ2) is 10.5. The molecule has 0 unspecified atom stereocenters. The van der Waals surface area contributed by atoms with Gasteiger partial charge in [-0.05, 0) is 52.8 Å². The van der Waals surface area contributed by atoms with Gasteiger partial charge in [0.1, 0.15) is 0 Å². The Morgan fingerprint density at radius 1 is 1.14 bits per heavy atom. The molecule has 9 heteroatoms. The first-order valence-corrected chi connectivity index (χ1v) is 13.6. The molecule has 1 amide bonds. The number of benzene rings is 1. The molecule has 0 aromatic heterocycles. The molecular formula is C19H27F3INO3Si. The number of methoxy groups -OCH3 is 2. The molecule has 0 saturated heterocycles. The quantitative estimate of drug-likeness (QED) is 0.253. The summed E-state index contributed by atoms with van der Waals surface area (Å²) in [5.74, 6) is -0.768. The van der Waals surface area contributed by atoms with Crippen LogP contribution in [0.3, 0.4) is 0 Å². The lowest BCUT2D eigenvalue weighted by atomic mass is 10.1. The number of amides is 1. The molecule has 0 heterocycles. The molecule has 158 valence electrons. The van der Waals surface area contributed by atoms with E-state index in [1.807, 2.05) is 6.08 Å². The van der Waals surface area contributed by atoms with Crippen molar-refractivity contribution in [1.82, 2.24) is 4.90 Å². The predicted molar refractivity (Wildman–Crippen MR) is 116 cm³/mol. The van der Waals surface area contributed by atoms with Gasteiger partial charge in [-0.15, -0.1) is 0 Å². The Morgan fingerprint density at radius 3 is 2.21 bits per heavy atom. The van der Waals surface area contributed by atoms with Crippen molar-refractivity contribution >= 4 is 36.6 Å². The molecule has 0 N–H and O–H groups in total. The molecule has 4 nitrogen and oxygen atoms in total. The summed E-state index contributed by atoms with van der Waals surface area (Å²) in [5.41, 5.74) is 0.796. The van der Waals surface area contributed by atoms with Gasteiger partial charge in [-0.1, -0.05) is 31.8 Å². The molecule has 0 aliphatic rings. The maximum Gasteiger partial charge on any atom is 0.471 e. The molecule has 1 rings (SSSR count). The third-order valence-corrected chi connectivity index (χ3v) is 6.42. The Morgan fingerprint density at radius 2 is 1.71 bits per heavy atom. The zero-order valence-electron chi connectivity index (χ0n) is 16.8. The highest BCUT2D eigenvalue weighted by atomic mass is 127. The first-order valence-electron chi connectivity index (χ1n) is 8.80. The van der Waals surface area contributed by atoms with Crippen molar-refractivity contribution in [2.75, 3.05) is 27.3 Å². The van der Waals surface area contributed by atoms with Crippen LogP contribution in [0.2, 0.25) is 25.7 Å². The van der Waals surface area contributed by atoms with E-state index in [4.69, 9.17) is 9.47 Å². The van der Waals surface area contributed by atoms with Crippen molar-refractivity contribution in [2.24, 2.45) is 0 Å². The van der Waals surface area contributed by atoms with Crippen LogP contribution in [0.1, 0.15) is 5.56 Å². The lowest BCUT2D eigenvalue weighted by molar-refractivity contribution is -0.184. The van der Waals surface area contributed by atoms with E-state index < -0.39 is 20.2 Å². The Bertz CT molecular complexity index is 703. The second-order valence-corrected chi connectivity index (χ2v) is 14.2. The van der Waals surface area contributed by atoms with E-state index in [0.717, 1.165) is 20.1 Å². The number of alkyl halides is 3. The molecule has 0 bridgehead atoms. The zero-order valence-corrected chi connectivity index (χ0v) is 20.0. The summed E-state index contributed by atoms with van der Waals surface area (Å²) >= 11 is 2.10. The normalized spacial score (nSPS) is 12.3. The van der Waals surface area contributed by atoms with Crippen molar-refractivity contribution in [3.63, 3.8) is 0 Å². The van der Waals surface area contributed by atoms with Crippen molar-refractivity contribution in [2.45, 2.75) is 38.3 Å². The Hall–Kier alpha value is -1.23. The number of carbonyl (C=O) groups excluding carboxylic acids is 1. The number of carbonyl (C=O) groups is 1. The van der Waals surface area contributed by atoms with Crippen molar-refractivity contribution < 1.29 is 27.4 Å². The molecule has 0 saturated carbocycles. The maximum absolute atomic E-state index is 13.0. The molecule has 0 radical (unpaired) electrons. The van der Waals surface area contributed by atoms with E-state index in [0.29, 0.717) is 11.5 Å². The van der Waals surface area contributed by atoms with Gasteiger partial charge in [0.25, 0.3) is 0 Å². The SMILES string of the molecule is COc1cc(I)c(CCN(C/C=C\C[Si](C)(C)C)C(=O)C(F)(F)F)cc1OC. The van der Waals surface area contributed by atoms with Gasteiger partial charge in [-0.3, -0.25) is 4.79 Å². The predicted octanol–water partition coefficient (Wildman–Crippen LogP) is 5.14. The minimum Gasteiger partial charge on any atom is -0.493 e. The van der Waals surface area contributed by atoms with Crippen LogP contribution in [0.4, 0.5) is 13.2 Å². The van der Waals surface area contributed by atoms with Crippen molar-refractivity contribution in [3.8, 4) is 11.5 Å². The summed E-state index contributed by atoms with van der Waals surface area (Å²) in [7, 11) is 1.68. The summed E-state index contributed by atoms with van der Waals surface area (Å²) in [6.07, 6.45) is -1.08. The Labute approximate surface area is 179 Å². The molecule has 0 atom stereocenters. The van der Waals surface area contributed by atoms with Crippen LogP contribution in [0.25, 0.3) is 0 Å². The lowest BCUT2D eigenvalue weighted by Crippen LogP contribution is -2.42. The van der Waals surface area contributed by atoms with Gasteiger partial charge in [0.05, 0.1) is 14.2 Å². The summed E-state index contributed by atoms with van der Waals surface area (Å²) in [6, 6.07) is 4.35. The second-order valence-electron chi connectivity index (χ2n) is 7.53. The standard InChI is InChI=1S/C19H27F3INO3Si/c1-26-16-12-14(15(23)13-17(16)27-2)8-10-24(18(25)19(20,21)22)9-6-7-11-28(3,4)5/h6-7,12-13H,8-11H2,1-5H3/b7-6-. The summed E-state index contributed by atoms with van der Waals surface area (Å²) in [6.45, 7) is 6.42. The first-order chi connectivity index (χ1) is 12.9. The monoisotopic (exact) mass is 529 g/mol. The molecule has 1 aromatic carbocycles. The van der Waals surface area contributed by atoms with Crippen LogP contribution in [0.15, 0.2) is 24.3 Å². The number of allylic oxidation sites excluding steroid dienone is 1. The van der Waals surface area contributed by atoms with Crippen LogP contribution in [0.5, 0.6) is 11.5 Å². The number of halogens is 4. The van der Waals surface area contributed by atoms with E-state index in [1.165, 1.54) is 14.2 Å². The highest BCUT2D eigenvalue weighted by molar-refractivity contribution is 14.1. The van der Waals surface area contributed by atoms with Gasteiger partial charge >= 0.3 is 12.1 Å². The van der Waals surface area contributed by atoms with E-state index in [1.54, 1.807) is 18.2 Å². The number of hydrogen-bond donors (Lipinski definition) is 0. The minimum atomic E-state index is -4.89. The average Bonchev–Trinajstić information content (AvgIpc) is 2.59. The first kappa shape index (κ1) is 24.8. The molecule has 0 aliphatic carbocycles. The zero-order chi connectivity index (χ0) is 21.5. The Kier molecular flexibility index (Phi) is 9.32. The molecule has 0 fully saturated rings. The summed E-state index contributed by atoms with van der Waals surface area (Å²) < 4.78 is 50.2. The summed E-state index contributed by atoms with van der Waals surface area (Å²) in [5, 5.41) is 0. The highest BCUT2D eigenvalue weighted by Gasteiger charge is 2.42. The van der Waals surface area contributed by atoms with Crippen LogP contribution < -0.4 is 9.47 Å². The molecular weight excluding hydrogens is 502 g/mol. The van der Waals surface area contributed by atoms with Gasteiger partial charge in [0.15, 0.2) is 11.5 Å². The fraction of sp³-hybridized carbons (Fsp3) is 0.526. The van der Waals surface area contributed by atoms with E-state index in [9.17, 15) is 18.0 Å². The molecule has 1 aromatic rings. The fourth-order valence-corrected chi connectivity index (χ4v) is 4.02. The lowest BCUT2D eigenvalue weighted by Gasteiger charge is -2.23. The Balaban J connectivity index is 2.94. The van der Waals surface area contributed by atoms with Gasteiger partial charge in [0.2, 0.25) is 0 Å². The largest absolute Gasteiger partial charge is 0.493 e. The van der Waals surface area contributed by atoms with Crippen LogP contribution in [-0.2, 0) is 11.2 Å². The molecule has 28 heavy (non-hydrogen) atoms. The molecule has 0 spiro atoms. The third kappa shape index (κ3) is 8.02. The number of ether oxygens (including phenoxy) is 2. The number of nitrogens with zero attached hydrogens (tertiary/aromatic N) is 1. The van der Waals surface area contributed by atoms with E-state index in [-0.39, 0.29) is 19.5 Å². The summed E-state index contributed by atoms with van der Waals surface area (Å²) in [4.78, 5) is 12.7. The van der Waals surface area contributed by atoms with Crippen LogP contribution in [-0.4, -0.2) is 52.4 Å². The van der Waals surface area contributed by atoms with Crippen molar-refractivity contribution in [1.29, 1.82) is 0 Å². The van der Waals surface area contributed by atoms with Crippen LogP contribution >= 0.6 is 22.6 Å². The topological polar surface area (TPSA) is 38.8 Å². The highest BCUT2D eigenvalue weighted by Crippen LogP contribution is 2.31. The van der Waals surface area contributed by atoms with Gasteiger partial charge in [-0.2, -0.15) is 13.2 Å².